The Kier molecular flexibility index (Phi) is 11.4. The third-order valence-corrected chi connectivity index (χ3v) is 6.09. The van der Waals surface area contributed by atoms with Gasteiger partial charge in [0.2, 0.25) is 0 Å². The SMILES string of the molecule is N#Cc1ccc(-c2ccc(OCCCCCCCCCCCOc3ccc(Cl)cc3)cc2)cc1. The van der Waals surface area contributed by atoms with Crippen LogP contribution in [0.2, 0.25) is 5.02 Å². The number of rotatable bonds is 15. The zero-order valence-corrected chi connectivity index (χ0v) is 20.6. The highest BCUT2D eigenvalue weighted by Crippen LogP contribution is 2.23. The highest BCUT2D eigenvalue weighted by molar-refractivity contribution is 6.30. The van der Waals surface area contributed by atoms with Gasteiger partial charge in [0.1, 0.15) is 11.5 Å². The monoisotopic (exact) mass is 475 g/mol. The molecule has 0 aliphatic heterocycles. The van der Waals surface area contributed by atoms with E-state index >= 15 is 0 Å². The molecule has 3 aromatic rings. The number of ether oxygens (including phenoxy) is 2. The van der Waals surface area contributed by atoms with E-state index in [-0.39, 0.29) is 0 Å². The normalized spacial score (nSPS) is 10.6. The van der Waals surface area contributed by atoms with Crippen LogP contribution in [0.5, 0.6) is 11.5 Å². The van der Waals surface area contributed by atoms with E-state index in [1.54, 1.807) is 0 Å². The first kappa shape index (κ1) is 25.7. The summed E-state index contributed by atoms with van der Waals surface area (Å²) in [6.45, 7) is 1.55. The van der Waals surface area contributed by atoms with Gasteiger partial charge in [-0.05, 0) is 72.5 Å². The second-order valence-corrected chi connectivity index (χ2v) is 8.98. The van der Waals surface area contributed by atoms with Crippen molar-refractivity contribution in [1.29, 1.82) is 5.26 Å². The number of hydrogen-bond donors (Lipinski definition) is 0. The molecule has 0 spiro atoms. The van der Waals surface area contributed by atoms with Gasteiger partial charge in [-0.3, -0.25) is 0 Å². The molecule has 0 saturated carbocycles. The molecule has 0 fully saturated rings. The summed E-state index contributed by atoms with van der Waals surface area (Å²) < 4.78 is 11.6. The Labute approximate surface area is 209 Å². The summed E-state index contributed by atoms with van der Waals surface area (Å²) in [7, 11) is 0. The van der Waals surface area contributed by atoms with Crippen molar-refractivity contribution in [3.63, 3.8) is 0 Å². The maximum atomic E-state index is 8.91. The van der Waals surface area contributed by atoms with Crippen LogP contribution in [0.1, 0.15) is 63.4 Å². The quantitative estimate of drug-likeness (QED) is 0.206. The molecule has 34 heavy (non-hydrogen) atoms. The standard InChI is InChI=1S/C30H34ClNO2/c31-28-16-20-30(21-17-28)34-23-9-7-5-3-1-2-4-6-8-22-33-29-18-14-27(15-19-29)26-12-10-25(24-32)11-13-26/h10-21H,1-9,22-23H2. The zero-order valence-electron chi connectivity index (χ0n) is 19.8. The van der Waals surface area contributed by atoms with Crippen LogP contribution in [0.4, 0.5) is 0 Å². The summed E-state index contributed by atoms with van der Waals surface area (Å²) in [4.78, 5) is 0. The molecule has 0 radical (unpaired) electrons. The molecular formula is C30H34ClNO2. The van der Waals surface area contributed by atoms with Crippen LogP contribution in [-0.2, 0) is 0 Å². The highest BCUT2D eigenvalue weighted by atomic mass is 35.5. The van der Waals surface area contributed by atoms with E-state index in [0.29, 0.717) is 5.56 Å². The number of nitriles is 1. The molecule has 0 N–H and O–H groups in total. The third kappa shape index (κ3) is 9.49. The van der Waals surface area contributed by atoms with Crippen molar-refractivity contribution in [1.82, 2.24) is 0 Å². The average Bonchev–Trinajstić information content (AvgIpc) is 2.88. The molecule has 3 aromatic carbocycles. The van der Waals surface area contributed by atoms with Crippen molar-refractivity contribution in [3.05, 3.63) is 83.4 Å². The van der Waals surface area contributed by atoms with E-state index in [1.807, 2.05) is 60.7 Å². The maximum absolute atomic E-state index is 8.91. The average molecular weight is 476 g/mol. The van der Waals surface area contributed by atoms with E-state index in [9.17, 15) is 0 Å². The van der Waals surface area contributed by atoms with Crippen LogP contribution in [0, 0.1) is 11.3 Å². The topological polar surface area (TPSA) is 42.2 Å². The highest BCUT2D eigenvalue weighted by Gasteiger charge is 2.00. The van der Waals surface area contributed by atoms with Crippen molar-refractivity contribution >= 4 is 11.6 Å². The fourth-order valence-electron chi connectivity index (χ4n) is 3.83. The predicted octanol–water partition coefficient (Wildman–Crippen LogP) is 8.85. The molecule has 3 rings (SSSR count). The van der Waals surface area contributed by atoms with E-state index in [4.69, 9.17) is 26.3 Å². The van der Waals surface area contributed by atoms with Gasteiger partial charge in [-0.1, -0.05) is 80.8 Å². The number of nitrogens with zero attached hydrogens (tertiary/aromatic N) is 1. The lowest BCUT2D eigenvalue weighted by molar-refractivity contribution is 0.302. The largest absolute Gasteiger partial charge is 0.494 e. The Balaban J connectivity index is 1.14. The van der Waals surface area contributed by atoms with Crippen molar-refractivity contribution in [3.8, 4) is 28.7 Å². The number of hydrogen-bond acceptors (Lipinski definition) is 3. The van der Waals surface area contributed by atoms with Gasteiger partial charge in [0.05, 0.1) is 24.8 Å². The summed E-state index contributed by atoms with van der Waals surface area (Å²) in [6.07, 6.45) is 11.1. The molecule has 0 unspecified atom stereocenters. The fourth-order valence-corrected chi connectivity index (χ4v) is 3.96. The molecule has 0 aliphatic carbocycles. The van der Waals surface area contributed by atoms with Gasteiger partial charge in [-0.15, -0.1) is 0 Å². The van der Waals surface area contributed by atoms with Gasteiger partial charge >= 0.3 is 0 Å². The predicted molar refractivity (Wildman–Crippen MR) is 141 cm³/mol. The van der Waals surface area contributed by atoms with Gasteiger partial charge in [0, 0.05) is 5.02 Å². The van der Waals surface area contributed by atoms with Gasteiger partial charge in [-0.2, -0.15) is 5.26 Å². The molecule has 0 atom stereocenters. The van der Waals surface area contributed by atoms with E-state index in [2.05, 4.69) is 18.2 Å². The lowest BCUT2D eigenvalue weighted by atomic mass is 10.0. The van der Waals surface area contributed by atoms with Crippen LogP contribution in [0.3, 0.4) is 0 Å². The first-order valence-corrected chi connectivity index (χ1v) is 12.7. The summed E-state index contributed by atoms with van der Waals surface area (Å²) in [5.41, 5.74) is 2.92. The first-order chi connectivity index (χ1) is 16.7. The summed E-state index contributed by atoms with van der Waals surface area (Å²) in [6, 6.07) is 25.5. The summed E-state index contributed by atoms with van der Waals surface area (Å²) >= 11 is 5.88. The van der Waals surface area contributed by atoms with Crippen LogP contribution in [0.15, 0.2) is 72.8 Å². The van der Waals surface area contributed by atoms with Crippen molar-refractivity contribution < 1.29 is 9.47 Å². The molecule has 0 aliphatic rings. The summed E-state index contributed by atoms with van der Waals surface area (Å²) in [5.74, 6) is 1.81. The van der Waals surface area contributed by atoms with Crippen molar-refractivity contribution in [2.24, 2.45) is 0 Å². The Bertz CT molecular complexity index is 992. The molecule has 4 heteroatoms. The Morgan fingerprint density at radius 1 is 0.529 bits per heavy atom. The van der Waals surface area contributed by atoms with Crippen LogP contribution >= 0.6 is 11.6 Å². The second-order valence-electron chi connectivity index (χ2n) is 8.55. The Morgan fingerprint density at radius 2 is 0.912 bits per heavy atom. The molecule has 0 aromatic heterocycles. The van der Waals surface area contributed by atoms with Crippen molar-refractivity contribution in [2.75, 3.05) is 13.2 Å². The number of unbranched alkanes of at least 4 members (excludes halogenated alkanes) is 8. The minimum Gasteiger partial charge on any atom is -0.494 e. The minimum atomic E-state index is 0.681. The van der Waals surface area contributed by atoms with E-state index in [0.717, 1.165) is 53.7 Å². The number of benzene rings is 3. The summed E-state index contributed by atoms with van der Waals surface area (Å²) in [5, 5.41) is 9.65. The Hall–Kier alpha value is -2.96. The molecule has 3 nitrogen and oxygen atoms in total. The Morgan fingerprint density at radius 3 is 1.35 bits per heavy atom. The first-order valence-electron chi connectivity index (χ1n) is 12.4. The van der Waals surface area contributed by atoms with Crippen LogP contribution < -0.4 is 9.47 Å². The van der Waals surface area contributed by atoms with Crippen LogP contribution in [0.25, 0.3) is 11.1 Å². The van der Waals surface area contributed by atoms with Crippen LogP contribution in [-0.4, -0.2) is 13.2 Å². The maximum Gasteiger partial charge on any atom is 0.119 e. The molecule has 178 valence electrons. The molecule has 0 bridgehead atoms. The molecular weight excluding hydrogens is 442 g/mol. The van der Waals surface area contributed by atoms with Gasteiger partial charge in [0.15, 0.2) is 0 Å². The van der Waals surface area contributed by atoms with Gasteiger partial charge in [-0.25, -0.2) is 0 Å². The number of halogens is 1. The fraction of sp³-hybridized carbons (Fsp3) is 0.367. The zero-order chi connectivity index (χ0) is 23.8. The lowest BCUT2D eigenvalue weighted by Gasteiger charge is -2.08. The smallest absolute Gasteiger partial charge is 0.119 e. The van der Waals surface area contributed by atoms with Crippen molar-refractivity contribution in [2.45, 2.75) is 57.8 Å². The van der Waals surface area contributed by atoms with Gasteiger partial charge in [0.25, 0.3) is 0 Å². The molecule has 0 saturated heterocycles. The second kappa shape index (κ2) is 15.0. The molecule has 0 heterocycles. The third-order valence-electron chi connectivity index (χ3n) is 5.84. The van der Waals surface area contributed by atoms with Gasteiger partial charge < -0.3 is 9.47 Å². The van der Waals surface area contributed by atoms with E-state index in [1.165, 1.54) is 44.9 Å². The minimum absolute atomic E-state index is 0.681. The molecule has 0 amide bonds. The lowest BCUT2D eigenvalue weighted by Crippen LogP contribution is -1.97. The van der Waals surface area contributed by atoms with E-state index < -0.39 is 0 Å².